The van der Waals surface area contributed by atoms with E-state index in [1.54, 1.807) is 30.3 Å². The molecule has 0 unspecified atom stereocenters. The van der Waals surface area contributed by atoms with Crippen LogP contribution in [0.1, 0.15) is 15.9 Å². The van der Waals surface area contributed by atoms with Gasteiger partial charge in [-0.3, -0.25) is 4.79 Å². The molecule has 0 spiro atoms. The van der Waals surface area contributed by atoms with Gasteiger partial charge in [0.05, 0.1) is 0 Å². The molecule has 0 heterocycles. The third-order valence-corrected chi connectivity index (χ3v) is 2.71. The molecule has 0 amide bonds. The molecule has 0 aromatic heterocycles. The van der Waals surface area contributed by atoms with Crippen LogP contribution in [0, 0.1) is 0 Å². The topological polar surface area (TPSA) is 26.3 Å². The maximum Gasteiger partial charge on any atom is 0.185 e. The molecule has 0 radical (unpaired) electrons. The van der Waals surface area contributed by atoms with Crippen LogP contribution >= 0.6 is 0 Å². The third-order valence-electron chi connectivity index (χ3n) is 2.71. The first-order chi connectivity index (χ1) is 9.79. The molecule has 2 rings (SSSR count). The second-order valence-corrected chi connectivity index (χ2v) is 4.17. The maximum atomic E-state index is 12.0. The Morgan fingerprint density at radius 2 is 1.75 bits per heavy atom. The second kappa shape index (κ2) is 7.24. The largest absolute Gasteiger partial charge is 0.491 e. The number of carbonyl (C=O) groups excluding carboxylic acids is 1. The molecule has 0 bridgehead atoms. The van der Waals surface area contributed by atoms with Gasteiger partial charge >= 0.3 is 0 Å². The van der Waals surface area contributed by atoms with E-state index in [-0.39, 0.29) is 12.4 Å². The summed E-state index contributed by atoms with van der Waals surface area (Å²) >= 11 is 0. The van der Waals surface area contributed by atoms with Gasteiger partial charge in [0.2, 0.25) is 0 Å². The molecular formula is C17H15FO2. The zero-order chi connectivity index (χ0) is 14.2. The van der Waals surface area contributed by atoms with Crippen molar-refractivity contribution in [2.24, 2.45) is 0 Å². The molecule has 102 valence electrons. The van der Waals surface area contributed by atoms with Crippen LogP contribution in [-0.4, -0.2) is 19.1 Å². The second-order valence-electron chi connectivity index (χ2n) is 4.17. The normalized spacial score (nSPS) is 10.7. The Kier molecular flexibility index (Phi) is 5.07. The van der Waals surface area contributed by atoms with Crippen LogP contribution in [0.3, 0.4) is 0 Å². The van der Waals surface area contributed by atoms with Gasteiger partial charge in [0.1, 0.15) is 19.0 Å². The monoisotopic (exact) mass is 270 g/mol. The number of hydrogen-bond donors (Lipinski definition) is 0. The maximum absolute atomic E-state index is 12.0. The van der Waals surface area contributed by atoms with Crippen molar-refractivity contribution in [2.45, 2.75) is 0 Å². The molecule has 0 aliphatic rings. The van der Waals surface area contributed by atoms with Gasteiger partial charge in [0.15, 0.2) is 5.78 Å². The third kappa shape index (κ3) is 4.05. The lowest BCUT2D eigenvalue weighted by Gasteiger charge is -2.03. The quantitative estimate of drug-likeness (QED) is 0.587. The van der Waals surface area contributed by atoms with Gasteiger partial charge in [-0.05, 0) is 23.8 Å². The molecule has 0 fully saturated rings. The van der Waals surface area contributed by atoms with E-state index in [0.717, 1.165) is 5.56 Å². The molecule has 0 saturated carbocycles. The number of alkyl halides is 1. The summed E-state index contributed by atoms with van der Waals surface area (Å²) in [4.78, 5) is 11.9. The molecular weight excluding hydrogens is 255 g/mol. The van der Waals surface area contributed by atoms with E-state index in [1.807, 2.05) is 30.3 Å². The van der Waals surface area contributed by atoms with Crippen molar-refractivity contribution in [1.29, 1.82) is 0 Å². The smallest absolute Gasteiger partial charge is 0.185 e. The van der Waals surface area contributed by atoms with Crippen molar-refractivity contribution < 1.29 is 13.9 Å². The highest BCUT2D eigenvalue weighted by Gasteiger charge is 1.99. The van der Waals surface area contributed by atoms with E-state index >= 15 is 0 Å². The summed E-state index contributed by atoms with van der Waals surface area (Å²) in [6, 6.07) is 16.2. The van der Waals surface area contributed by atoms with Crippen LogP contribution in [0.25, 0.3) is 6.08 Å². The number of carbonyl (C=O) groups is 1. The van der Waals surface area contributed by atoms with Gasteiger partial charge in [-0.2, -0.15) is 0 Å². The summed E-state index contributed by atoms with van der Waals surface area (Å²) in [5.74, 6) is 0.581. The minimum absolute atomic E-state index is 0.0386. The molecule has 0 N–H and O–H groups in total. The van der Waals surface area contributed by atoms with Crippen LogP contribution in [0.5, 0.6) is 5.75 Å². The lowest BCUT2D eigenvalue weighted by atomic mass is 10.1. The first-order valence-electron chi connectivity index (χ1n) is 6.36. The van der Waals surface area contributed by atoms with Crippen molar-refractivity contribution in [1.82, 2.24) is 0 Å². The molecule has 0 aliphatic carbocycles. The van der Waals surface area contributed by atoms with Crippen molar-refractivity contribution >= 4 is 11.9 Å². The zero-order valence-electron chi connectivity index (χ0n) is 11.0. The van der Waals surface area contributed by atoms with E-state index < -0.39 is 6.67 Å². The summed E-state index contributed by atoms with van der Waals surface area (Å²) in [7, 11) is 0. The zero-order valence-corrected chi connectivity index (χ0v) is 11.0. The number of ketones is 1. The Labute approximate surface area is 117 Å². The van der Waals surface area contributed by atoms with E-state index in [0.29, 0.717) is 11.3 Å². The Bertz CT molecular complexity index is 574. The molecule has 0 atom stereocenters. The number of ether oxygens (including phenoxy) is 1. The Balaban J connectivity index is 1.99. The van der Waals surface area contributed by atoms with Crippen molar-refractivity contribution in [3.63, 3.8) is 0 Å². The van der Waals surface area contributed by atoms with Crippen LogP contribution in [0.4, 0.5) is 4.39 Å². The van der Waals surface area contributed by atoms with E-state index in [2.05, 4.69) is 0 Å². The van der Waals surface area contributed by atoms with Gasteiger partial charge in [-0.1, -0.05) is 48.5 Å². The molecule has 2 aromatic carbocycles. The Hall–Kier alpha value is -2.42. The summed E-state index contributed by atoms with van der Waals surface area (Å²) in [5.41, 5.74) is 1.55. The number of halogens is 1. The SMILES string of the molecule is O=C(/C=C/c1ccc(OCCF)cc1)c1ccccc1. The minimum atomic E-state index is -0.507. The number of hydrogen-bond acceptors (Lipinski definition) is 2. The van der Waals surface area contributed by atoms with Crippen molar-refractivity contribution in [3.8, 4) is 5.75 Å². The summed E-state index contributed by atoms with van der Waals surface area (Å²) in [6.07, 6.45) is 3.28. The minimum Gasteiger partial charge on any atom is -0.491 e. The fourth-order valence-electron chi connectivity index (χ4n) is 1.70. The van der Waals surface area contributed by atoms with E-state index in [4.69, 9.17) is 4.74 Å². The Morgan fingerprint density at radius 1 is 1.05 bits per heavy atom. The lowest BCUT2D eigenvalue weighted by molar-refractivity contribution is 0.104. The highest BCUT2D eigenvalue weighted by Crippen LogP contribution is 2.13. The van der Waals surface area contributed by atoms with E-state index in [9.17, 15) is 9.18 Å². The van der Waals surface area contributed by atoms with Crippen molar-refractivity contribution in [3.05, 3.63) is 71.8 Å². The standard InChI is InChI=1S/C17H15FO2/c18-12-13-20-16-9-6-14(7-10-16)8-11-17(19)15-4-2-1-3-5-15/h1-11H,12-13H2/b11-8+. The number of allylic oxidation sites excluding steroid dienone is 1. The Morgan fingerprint density at radius 3 is 2.40 bits per heavy atom. The molecule has 0 saturated heterocycles. The van der Waals surface area contributed by atoms with Gasteiger partial charge in [0.25, 0.3) is 0 Å². The first kappa shape index (κ1) is 14.0. The van der Waals surface area contributed by atoms with Crippen LogP contribution in [0.2, 0.25) is 0 Å². The molecule has 20 heavy (non-hydrogen) atoms. The number of benzene rings is 2. The van der Waals surface area contributed by atoms with Gasteiger partial charge in [0, 0.05) is 5.56 Å². The summed E-state index contributed by atoms with van der Waals surface area (Å²) in [5, 5.41) is 0. The van der Waals surface area contributed by atoms with Gasteiger partial charge in [-0.15, -0.1) is 0 Å². The summed E-state index contributed by atoms with van der Waals surface area (Å²) < 4.78 is 17.1. The fourth-order valence-corrected chi connectivity index (χ4v) is 1.70. The van der Waals surface area contributed by atoms with Crippen LogP contribution in [-0.2, 0) is 0 Å². The fraction of sp³-hybridized carbons (Fsp3) is 0.118. The highest BCUT2D eigenvalue weighted by atomic mass is 19.1. The highest BCUT2D eigenvalue weighted by molar-refractivity contribution is 6.06. The number of rotatable bonds is 6. The first-order valence-corrected chi connectivity index (χ1v) is 6.36. The molecule has 2 aromatic rings. The predicted molar refractivity (Wildman–Crippen MR) is 77.7 cm³/mol. The van der Waals surface area contributed by atoms with Gasteiger partial charge in [-0.25, -0.2) is 4.39 Å². The average Bonchev–Trinajstić information content (AvgIpc) is 2.52. The van der Waals surface area contributed by atoms with E-state index in [1.165, 1.54) is 6.08 Å². The van der Waals surface area contributed by atoms with Crippen LogP contribution in [0.15, 0.2) is 60.7 Å². The average molecular weight is 270 g/mol. The van der Waals surface area contributed by atoms with Gasteiger partial charge < -0.3 is 4.74 Å². The predicted octanol–water partition coefficient (Wildman–Crippen LogP) is 3.93. The molecule has 3 heteroatoms. The summed E-state index contributed by atoms with van der Waals surface area (Å²) in [6.45, 7) is -0.449. The van der Waals surface area contributed by atoms with Crippen LogP contribution < -0.4 is 4.74 Å². The molecule has 0 aliphatic heterocycles. The molecule has 2 nitrogen and oxygen atoms in total. The van der Waals surface area contributed by atoms with Crippen molar-refractivity contribution in [2.75, 3.05) is 13.3 Å². The lowest BCUT2D eigenvalue weighted by Crippen LogP contribution is -1.98.